The zero-order chi connectivity index (χ0) is 16.2. The number of halogens is 1. The van der Waals surface area contributed by atoms with Gasteiger partial charge in [0.05, 0.1) is 0 Å². The van der Waals surface area contributed by atoms with Crippen LogP contribution in [0, 0.1) is 5.82 Å². The molecule has 0 aliphatic carbocycles. The molecule has 118 valence electrons. The lowest BCUT2D eigenvalue weighted by Crippen LogP contribution is -2.37. The third kappa shape index (κ3) is 3.85. The van der Waals surface area contributed by atoms with Gasteiger partial charge in [0, 0.05) is 12.1 Å². The first-order valence-electron chi connectivity index (χ1n) is 7.24. The number of rotatable bonds is 4. The van der Waals surface area contributed by atoms with Gasteiger partial charge < -0.3 is 15.4 Å². The van der Waals surface area contributed by atoms with Gasteiger partial charge in [-0.15, -0.1) is 0 Å². The molecule has 6 heteroatoms. The summed E-state index contributed by atoms with van der Waals surface area (Å²) in [5.41, 5.74) is 0.614. The van der Waals surface area contributed by atoms with E-state index in [4.69, 9.17) is 4.74 Å². The highest BCUT2D eigenvalue weighted by atomic mass is 19.1. The van der Waals surface area contributed by atoms with Crippen molar-refractivity contribution in [3.05, 3.63) is 54.3 Å². The van der Waals surface area contributed by atoms with E-state index in [1.165, 1.54) is 24.3 Å². The van der Waals surface area contributed by atoms with Gasteiger partial charge in [0.15, 0.2) is 0 Å². The van der Waals surface area contributed by atoms with Crippen molar-refractivity contribution in [1.29, 1.82) is 0 Å². The Bertz CT molecular complexity index is 714. The van der Waals surface area contributed by atoms with Gasteiger partial charge in [0.25, 0.3) is 0 Å². The summed E-state index contributed by atoms with van der Waals surface area (Å²) in [5.74, 6) is 0.436. The van der Waals surface area contributed by atoms with Crippen molar-refractivity contribution in [2.24, 2.45) is 0 Å². The van der Waals surface area contributed by atoms with Crippen LogP contribution in [-0.4, -0.2) is 17.9 Å². The Morgan fingerprint density at radius 3 is 2.26 bits per heavy atom. The maximum atomic E-state index is 12.8. The molecular weight excluding hydrogens is 299 g/mol. The zero-order valence-corrected chi connectivity index (χ0v) is 12.2. The summed E-state index contributed by atoms with van der Waals surface area (Å²) < 4.78 is 18.4. The molecule has 1 aliphatic heterocycles. The Morgan fingerprint density at radius 2 is 1.70 bits per heavy atom. The van der Waals surface area contributed by atoms with E-state index in [0.717, 1.165) is 0 Å². The van der Waals surface area contributed by atoms with E-state index in [0.29, 0.717) is 30.0 Å². The third-order valence-electron chi connectivity index (χ3n) is 3.48. The molecule has 0 aromatic heterocycles. The van der Waals surface area contributed by atoms with Crippen LogP contribution in [0.3, 0.4) is 0 Å². The minimum Gasteiger partial charge on any atom is -0.457 e. The van der Waals surface area contributed by atoms with Crippen molar-refractivity contribution < 1.29 is 18.7 Å². The normalized spacial score (nSPS) is 16.7. The first-order valence-corrected chi connectivity index (χ1v) is 7.24. The van der Waals surface area contributed by atoms with Crippen LogP contribution < -0.4 is 15.4 Å². The quantitative estimate of drug-likeness (QED) is 0.912. The van der Waals surface area contributed by atoms with Gasteiger partial charge in [-0.05, 0) is 55.0 Å². The second-order valence-corrected chi connectivity index (χ2v) is 5.23. The van der Waals surface area contributed by atoms with E-state index in [9.17, 15) is 14.0 Å². The molecule has 3 rings (SSSR count). The van der Waals surface area contributed by atoms with Crippen LogP contribution in [0.1, 0.15) is 12.8 Å². The monoisotopic (exact) mass is 314 g/mol. The lowest BCUT2D eigenvalue weighted by Gasteiger charge is -2.11. The molecule has 2 aromatic carbocycles. The zero-order valence-electron chi connectivity index (χ0n) is 12.2. The van der Waals surface area contributed by atoms with Crippen molar-refractivity contribution in [3.8, 4) is 11.5 Å². The van der Waals surface area contributed by atoms with Crippen LogP contribution in [0.25, 0.3) is 0 Å². The number of benzene rings is 2. The van der Waals surface area contributed by atoms with E-state index in [1.54, 1.807) is 24.3 Å². The molecule has 2 amide bonds. The molecule has 1 heterocycles. The fraction of sp³-hybridized carbons (Fsp3) is 0.176. The van der Waals surface area contributed by atoms with Crippen LogP contribution in [-0.2, 0) is 9.59 Å². The number of carbonyl (C=O) groups is 2. The van der Waals surface area contributed by atoms with Crippen LogP contribution >= 0.6 is 0 Å². The van der Waals surface area contributed by atoms with Crippen LogP contribution in [0.4, 0.5) is 10.1 Å². The molecule has 0 bridgehead atoms. The molecule has 1 unspecified atom stereocenters. The second-order valence-electron chi connectivity index (χ2n) is 5.23. The standard InChI is InChI=1S/C17H15FN2O3/c18-11-1-5-13(6-2-11)23-14-7-3-12(4-8-14)19-17(22)15-9-10-16(21)20-15/h1-8,15H,9-10H2,(H,19,22)(H,20,21). The first-order chi connectivity index (χ1) is 11.1. The van der Waals surface area contributed by atoms with Crippen LogP contribution in [0.2, 0.25) is 0 Å². The summed E-state index contributed by atoms with van der Waals surface area (Å²) in [6.45, 7) is 0. The van der Waals surface area contributed by atoms with E-state index >= 15 is 0 Å². The number of ether oxygens (including phenoxy) is 1. The highest BCUT2D eigenvalue weighted by Crippen LogP contribution is 2.23. The van der Waals surface area contributed by atoms with Gasteiger partial charge in [-0.25, -0.2) is 4.39 Å². The summed E-state index contributed by atoms with van der Waals surface area (Å²) in [5, 5.41) is 5.36. The van der Waals surface area contributed by atoms with E-state index < -0.39 is 6.04 Å². The highest BCUT2D eigenvalue weighted by molar-refractivity contribution is 5.98. The Morgan fingerprint density at radius 1 is 1.09 bits per heavy atom. The predicted molar refractivity (Wildman–Crippen MR) is 82.7 cm³/mol. The number of anilines is 1. The molecule has 2 aromatic rings. The Kier molecular flexibility index (Phi) is 4.23. The number of amides is 2. The first kappa shape index (κ1) is 15.0. The molecule has 2 N–H and O–H groups in total. The number of carbonyl (C=O) groups excluding carboxylic acids is 2. The summed E-state index contributed by atoms with van der Waals surface area (Å²) >= 11 is 0. The van der Waals surface area contributed by atoms with E-state index in [2.05, 4.69) is 10.6 Å². The summed E-state index contributed by atoms with van der Waals surface area (Å²) in [6.07, 6.45) is 0.888. The SMILES string of the molecule is O=C1CCC(C(=O)Nc2ccc(Oc3ccc(F)cc3)cc2)N1. The largest absolute Gasteiger partial charge is 0.457 e. The lowest BCUT2D eigenvalue weighted by atomic mass is 10.2. The number of nitrogens with one attached hydrogen (secondary N) is 2. The molecule has 5 nitrogen and oxygen atoms in total. The van der Waals surface area contributed by atoms with Crippen LogP contribution in [0.5, 0.6) is 11.5 Å². The van der Waals surface area contributed by atoms with Gasteiger partial charge in [-0.3, -0.25) is 9.59 Å². The molecule has 1 atom stereocenters. The summed E-state index contributed by atoms with van der Waals surface area (Å²) in [4.78, 5) is 23.1. The lowest BCUT2D eigenvalue weighted by molar-refractivity contribution is -0.122. The smallest absolute Gasteiger partial charge is 0.246 e. The predicted octanol–water partition coefficient (Wildman–Crippen LogP) is 2.84. The minimum atomic E-state index is -0.474. The van der Waals surface area contributed by atoms with Crippen molar-refractivity contribution in [2.75, 3.05) is 5.32 Å². The second kappa shape index (κ2) is 6.48. The summed E-state index contributed by atoms with van der Waals surface area (Å²) in [6, 6.07) is 12.0. The van der Waals surface area contributed by atoms with Crippen molar-refractivity contribution in [3.63, 3.8) is 0 Å². The maximum Gasteiger partial charge on any atom is 0.246 e. The molecule has 0 spiro atoms. The average Bonchev–Trinajstić information content (AvgIpc) is 2.98. The van der Waals surface area contributed by atoms with E-state index in [-0.39, 0.29) is 17.6 Å². The van der Waals surface area contributed by atoms with Crippen molar-refractivity contribution in [1.82, 2.24) is 5.32 Å². The molecule has 1 aliphatic rings. The van der Waals surface area contributed by atoms with E-state index in [1.807, 2.05) is 0 Å². The van der Waals surface area contributed by atoms with Gasteiger partial charge >= 0.3 is 0 Å². The van der Waals surface area contributed by atoms with Crippen LogP contribution in [0.15, 0.2) is 48.5 Å². The Hall–Kier alpha value is -2.89. The third-order valence-corrected chi connectivity index (χ3v) is 3.48. The topological polar surface area (TPSA) is 67.4 Å². The van der Waals surface area contributed by atoms with Gasteiger partial charge in [0.1, 0.15) is 23.4 Å². The molecule has 0 radical (unpaired) electrons. The highest BCUT2D eigenvalue weighted by Gasteiger charge is 2.27. The Labute approximate surface area is 132 Å². The maximum absolute atomic E-state index is 12.8. The van der Waals surface area contributed by atoms with Gasteiger partial charge in [0.2, 0.25) is 11.8 Å². The number of hydrogen-bond donors (Lipinski definition) is 2. The molecule has 0 saturated carbocycles. The average molecular weight is 314 g/mol. The van der Waals surface area contributed by atoms with Gasteiger partial charge in [-0.1, -0.05) is 0 Å². The molecular formula is C17H15FN2O3. The fourth-order valence-corrected chi connectivity index (χ4v) is 2.29. The fourth-order valence-electron chi connectivity index (χ4n) is 2.29. The van der Waals surface area contributed by atoms with Gasteiger partial charge in [-0.2, -0.15) is 0 Å². The minimum absolute atomic E-state index is 0.104. The summed E-state index contributed by atoms with van der Waals surface area (Å²) in [7, 11) is 0. The Balaban J connectivity index is 1.59. The van der Waals surface area contributed by atoms with Crippen molar-refractivity contribution in [2.45, 2.75) is 18.9 Å². The van der Waals surface area contributed by atoms with Crippen molar-refractivity contribution >= 4 is 17.5 Å². The molecule has 1 saturated heterocycles. The molecule has 23 heavy (non-hydrogen) atoms. The number of hydrogen-bond acceptors (Lipinski definition) is 3. The molecule has 1 fully saturated rings.